The fourth-order valence-electron chi connectivity index (χ4n) is 3.73. The molecule has 7 nitrogen and oxygen atoms in total. The number of amidine groups is 1. The zero-order valence-electron chi connectivity index (χ0n) is 20.3. The van der Waals surface area contributed by atoms with E-state index in [0.717, 1.165) is 16.9 Å². The van der Waals surface area contributed by atoms with Gasteiger partial charge in [-0.1, -0.05) is 84.6 Å². The number of carbonyl (C=O) groups is 1. The van der Waals surface area contributed by atoms with Crippen molar-refractivity contribution in [3.63, 3.8) is 0 Å². The number of rotatable bonds is 11. The molecule has 37 heavy (non-hydrogen) atoms. The van der Waals surface area contributed by atoms with Gasteiger partial charge in [-0.3, -0.25) is 19.6 Å². The van der Waals surface area contributed by atoms with Gasteiger partial charge in [-0.2, -0.15) is 0 Å². The van der Waals surface area contributed by atoms with Gasteiger partial charge in [0.1, 0.15) is 18.1 Å². The summed E-state index contributed by atoms with van der Waals surface area (Å²) < 4.78 is 1.51. The summed E-state index contributed by atoms with van der Waals surface area (Å²) >= 11 is 1.44. The molecule has 1 amide bonds. The van der Waals surface area contributed by atoms with Gasteiger partial charge in [-0.05, 0) is 41.8 Å². The molecule has 0 unspecified atom stereocenters. The van der Waals surface area contributed by atoms with E-state index in [9.17, 15) is 9.59 Å². The standard InChI is InChI=1S/C29H29N5O2S/c30-28(31)23-13-11-22(12-14-23)19-33-26(35)20-34-27(37-24-9-5-2-6-10-24)16-15-25(29(34)36)32-18-17-21-7-3-1-4-8-21/h1-16,32H,17-20H2,(H3,30,31)(H,33,35). The zero-order chi connectivity index (χ0) is 26.0. The van der Waals surface area contributed by atoms with Crippen LogP contribution in [0.2, 0.25) is 0 Å². The van der Waals surface area contributed by atoms with Crippen molar-refractivity contribution in [3.05, 3.63) is 124 Å². The summed E-state index contributed by atoms with van der Waals surface area (Å²) in [6.07, 6.45) is 0.781. The van der Waals surface area contributed by atoms with Crippen LogP contribution in [0, 0.1) is 5.41 Å². The molecule has 0 spiro atoms. The van der Waals surface area contributed by atoms with Crippen LogP contribution in [0.4, 0.5) is 5.69 Å². The van der Waals surface area contributed by atoms with Gasteiger partial charge in [0.2, 0.25) is 5.91 Å². The van der Waals surface area contributed by atoms with Crippen LogP contribution in [-0.2, 0) is 24.3 Å². The first kappa shape index (κ1) is 25.8. The Morgan fingerprint density at radius 2 is 1.54 bits per heavy atom. The number of aromatic nitrogens is 1. The molecule has 4 rings (SSSR count). The minimum atomic E-state index is -0.269. The van der Waals surface area contributed by atoms with Crippen molar-refractivity contribution >= 4 is 29.2 Å². The van der Waals surface area contributed by atoms with Gasteiger partial charge in [0.25, 0.3) is 5.56 Å². The van der Waals surface area contributed by atoms with Crippen molar-refractivity contribution in [1.29, 1.82) is 5.41 Å². The second-order valence-electron chi connectivity index (χ2n) is 8.44. The summed E-state index contributed by atoms with van der Waals surface area (Å²) in [5.74, 6) is -0.273. The SMILES string of the molecule is N=C(N)c1ccc(CNC(=O)Cn2c(Sc3ccccc3)ccc(NCCc3ccccc3)c2=O)cc1. The van der Waals surface area contributed by atoms with Crippen LogP contribution in [0.25, 0.3) is 0 Å². The Hall–Kier alpha value is -4.30. The highest BCUT2D eigenvalue weighted by atomic mass is 32.2. The van der Waals surface area contributed by atoms with E-state index in [2.05, 4.69) is 22.8 Å². The number of nitrogens with two attached hydrogens (primary N) is 1. The summed E-state index contributed by atoms with van der Waals surface area (Å²) in [6, 6.07) is 30.6. The topological polar surface area (TPSA) is 113 Å². The molecule has 0 aliphatic heterocycles. The van der Waals surface area contributed by atoms with Crippen LogP contribution < -0.4 is 21.9 Å². The van der Waals surface area contributed by atoms with Crippen LogP contribution in [0.15, 0.2) is 112 Å². The molecule has 0 radical (unpaired) electrons. The number of nitrogens with zero attached hydrogens (tertiary/aromatic N) is 1. The van der Waals surface area contributed by atoms with Crippen molar-refractivity contribution in [2.45, 2.75) is 29.4 Å². The third-order valence-electron chi connectivity index (χ3n) is 5.73. The fraction of sp³-hybridized carbons (Fsp3) is 0.138. The number of carbonyl (C=O) groups excluding carboxylic acids is 1. The largest absolute Gasteiger partial charge is 0.384 e. The third kappa shape index (κ3) is 7.35. The molecule has 0 saturated carbocycles. The van der Waals surface area contributed by atoms with Gasteiger partial charge in [0.05, 0.1) is 5.03 Å². The molecule has 0 saturated heterocycles. The first-order chi connectivity index (χ1) is 18.0. The maximum atomic E-state index is 13.4. The fourth-order valence-corrected chi connectivity index (χ4v) is 4.66. The van der Waals surface area contributed by atoms with E-state index in [1.165, 1.54) is 21.9 Å². The lowest BCUT2D eigenvalue weighted by atomic mass is 10.1. The molecule has 0 aliphatic carbocycles. The summed E-state index contributed by atoms with van der Waals surface area (Å²) in [5.41, 5.74) is 8.40. The minimum absolute atomic E-state index is 0.00401. The third-order valence-corrected chi connectivity index (χ3v) is 6.80. The number of pyridine rings is 1. The highest BCUT2D eigenvalue weighted by Gasteiger charge is 2.14. The Labute approximate surface area is 220 Å². The highest BCUT2D eigenvalue weighted by Crippen LogP contribution is 2.27. The highest BCUT2D eigenvalue weighted by molar-refractivity contribution is 7.99. The average molecular weight is 512 g/mol. The monoisotopic (exact) mass is 511 g/mol. The maximum Gasteiger partial charge on any atom is 0.275 e. The molecule has 188 valence electrons. The lowest BCUT2D eigenvalue weighted by Crippen LogP contribution is -2.33. The predicted molar refractivity (Wildman–Crippen MR) is 149 cm³/mol. The Bertz CT molecular complexity index is 1400. The number of hydrogen-bond donors (Lipinski definition) is 4. The van der Waals surface area contributed by atoms with E-state index in [4.69, 9.17) is 11.1 Å². The van der Waals surface area contributed by atoms with E-state index < -0.39 is 0 Å². The summed E-state index contributed by atoms with van der Waals surface area (Å²) in [4.78, 5) is 27.3. The van der Waals surface area contributed by atoms with Crippen LogP contribution in [-0.4, -0.2) is 22.9 Å². The number of nitrogens with one attached hydrogen (secondary N) is 3. The van der Waals surface area contributed by atoms with Crippen LogP contribution in [0.1, 0.15) is 16.7 Å². The van der Waals surface area contributed by atoms with Gasteiger partial charge >= 0.3 is 0 Å². The Morgan fingerprint density at radius 3 is 2.22 bits per heavy atom. The van der Waals surface area contributed by atoms with E-state index in [-0.39, 0.29) is 23.8 Å². The van der Waals surface area contributed by atoms with Crippen LogP contribution in [0.3, 0.4) is 0 Å². The van der Waals surface area contributed by atoms with E-state index >= 15 is 0 Å². The zero-order valence-corrected chi connectivity index (χ0v) is 21.1. The Morgan fingerprint density at radius 1 is 0.865 bits per heavy atom. The molecule has 0 bridgehead atoms. The van der Waals surface area contributed by atoms with Crippen molar-refractivity contribution < 1.29 is 4.79 Å². The summed E-state index contributed by atoms with van der Waals surface area (Å²) in [7, 11) is 0. The number of anilines is 1. The normalized spacial score (nSPS) is 10.6. The van der Waals surface area contributed by atoms with E-state index in [1.807, 2.05) is 66.7 Å². The number of nitrogen functional groups attached to an aromatic ring is 1. The van der Waals surface area contributed by atoms with Gasteiger partial charge in [-0.25, -0.2) is 0 Å². The second-order valence-corrected chi connectivity index (χ2v) is 9.54. The smallest absolute Gasteiger partial charge is 0.275 e. The molecule has 1 heterocycles. The average Bonchev–Trinajstić information content (AvgIpc) is 2.92. The lowest BCUT2D eigenvalue weighted by molar-refractivity contribution is -0.122. The van der Waals surface area contributed by atoms with E-state index in [0.29, 0.717) is 29.4 Å². The second kappa shape index (κ2) is 12.6. The van der Waals surface area contributed by atoms with Crippen molar-refractivity contribution in [1.82, 2.24) is 9.88 Å². The van der Waals surface area contributed by atoms with Gasteiger partial charge in [-0.15, -0.1) is 0 Å². The van der Waals surface area contributed by atoms with Gasteiger partial charge < -0.3 is 16.4 Å². The Balaban J connectivity index is 1.48. The molecule has 3 aromatic carbocycles. The van der Waals surface area contributed by atoms with Crippen molar-refractivity contribution in [2.24, 2.45) is 5.73 Å². The van der Waals surface area contributed by atoms with Crippen LogP contribution >= 0.6 is 11.8 Å². The minimum Gasteiger partial charge on any atom is -0.384 e. The molecular formula is C29H29N5O2S. The van der Waals surface area contributed by atoms with E-state index in [1.54, 1.807) is 18.2 Å². The molecule has 4 aromatic rings. The lowest BCUT2D eigenvalue weighted by Gasteiger charge is -2.15. The first-order valence-corrected chi connectivity index (χ1v) is 12.8. The number of benzene rings is 3. The summed E-state index contributed by atoms with van der Waals surface area (Å²) in [6.45, 7) is 0.808. The molecule has 0 atom stereocenters. The van der Waals surface area contributed by atoms with Crippen molar-refractivity contribution in [2.75, 3.05) is 11.9 Å². The number of amides is 1. The quantitative estimate of drug-likeness (QED) is 0.178. The molecule has 5 N–H and O–H groups in total. The summed E-state index contributed by atoms with van der Waals surface area (Å²) in [5, 5.41) is 14.3. The number of hydrogen-bond acceptors (Lipinski definition) is 5. The van der Waals surface area contributed by atoms with Crippen LogP contribution in [0.5, 0.6) is 0 Å². The van der Waals surface area contributed by atoms with Crippen molar-refractivity contribution in [3.8, 4) is 0 Å². The molecule has 0 aliphatic rings. The molecule has 1 aromatic heterocycles. The van der Waals surface area contributed by atoms with Gasteiger partial charge in [0, 0.05) is 23.5 Å². The molecule has 8 heteroatoms. The first-order valence-electron chi connectivity index (χ1n) is 11.9. The Kier molecular flexibility index (Phi) is 8.78. The maximum absolute atomic E-state index is 13.4. The molecule has 0 fully saturated rings. The predicted octanol–water partition coefficient (Wildman–Crippen LogP) is 4.25. The van der Waals surface area contributed by atoms with Gasteiger partial charge in [0.15, 0.2) is 0 Å². The molecular weight excluding hydrogens is 482 g/mol.